The number of amides is 1. The van der Waals surface area contributed by atoms with Crippen molar-refractivity contribution in [2.75, 3.05) is 20.1 Å². The second kappa shape index (κ2) is 13.6. The van der Waals surface area contributed by atoms with Crippen LogP contribution in [-0.4, -0.2) is 48.8 Å². The Labute approximate surface area is 180 Å². The van der Waals surface area contributed by atoms with Gasteiger partial charge in [0.05, 0.1) is 0 Å². The van der Waals surface area contributed by atoms with Gasteiger partial charge in [-0.05, 0) is 39.3 Å². The number of ether oxygens (including phenoxy) is 1. The third-order valence-electron chi connectivity index (χ3n) is 3.50. The largest absolute Gasteiger partial charge is 0.444 e. The highest BCUT2D eigenvalue weighted by Crippen LogP contribution is 2.07. The van der Waals surface area contributed by atoms with Gasteiger partial charge in [-0.25, -0.2) is 4.79 Å². The van der Waals surface area contributed by atoms with Crippen molar-refractivity contribution >= 4 is 36.0 Å². The fraction of sp³-hybridized carbons (Fsp3) is 0.632. The lowest BCUT2D eigenvalue weighted by Crippen LogP contribution is -2.48. The van der Waals surface area contributed by atoms with E-state index in [1.165, 1.54) is 0 Å². The van der Waals surface area contributed by atoms with Crippen molar-refractivity contribution < 1.29 is 9.53 Å². The van der Waals surface area contributed by atoms with E-state index in [9.17, 15) is 4.79 Å². The van der Waals surface area contributed by atoms with Crippen molar-refractivity contribution in [3.63, 3.8) is 0 Å². The maximum absolute atomic E-state index is 12.0. The van der Waals surface area contributed by atoms with Gasteiger partial charge in [0.25, 0.3) is 0 Å². The molecule has 0 aliphatic rings. The Balaban J connectivity index is 0.00000676. The summed E-state index contributed by atoms with van der Waals surface area (Å²) in [7, 11) is 1.73. The minimum atomic E-state index is -0.503. The zero-order chi connectivity index (χ0) is 19.4. The van der Waals surface area contributed by atoms with Crippen LogP contribution in [0.2, 0.25) is 0 Å². The highest BCUT2D eigenvalue weighted by molar-refractivity contribution is 14.0. The summed E-state index contributed by atoms with van der Waals surface area (Å²) in [6, 6.07) is 5.86. The van der Waals surface area contributed by atoms with Crippen molar-refractivity contribution in [2.45, 2.75) is 58.6 Å². The van der Waals surface area contributed by atoms with Crippen LogP contribution in [0, 0.1) is 0 Å². The predicted molar refractivity (Wildman–Crippen MR) is 121 cm³/mol. The van der Waals surface area contributed by atoms with Gasteiger partial charge >= 0.3 is 6.09 Å². The number of alkyl carbamates (subject to hydrolysis) is 1. The number of nitrogens with one attached hydrogen (secondary N) is 3. The summed E-state index contributed by atoms with van der Waals surface area (Å²) >= 11 is 0. The van der Waals surface area contributed by atoms with Crippen molar-refractivity contribution in [3.05, 3.63) is 30.1 Å². The Morgan fingerprint density at radius 3 is 2.59 bits per heavy atom. The Morgan fingerprint density at radius 2 is 2.04 bits per heavy atom. The molecule has 0 saturated heterocycles. The zero-order valence-corrected chi connectivity index (χ0v) is 19.4. The number of pyridine rings is 1. The molecule has 0 bridgehead atoms. The van der Waals surface area contributed by atoms with Crippen molar-refractivity contribution in [1.29, 1.82) is 0 Å². The fourth-order valence-corrected chi connectivity index (χ4v) is 2.34. The normalized spacial score (nSPS) is 12.6. The van der Waals surface area contributed by atoms with Crippen LogP contribution in [0.5, 0.6) is 0 Å². The lowest BCUT2D eigenvalue weighted by atomic mass is 10.1. The number of aliphatic imine (C=N–C) groups is 1. The number of hydrogen-bond donors (Lipinski definition) is 3. The summed E-state index contributed by atoms with van der Waals surface area (Å²) in [6.45, 7) is 8.96. The monoisotopic (exact) mass is 491 g/mol. The molecule has 1 aromatic heterocycles. The van der Waals surface area contributed by atoms with Gasteiger partial charge in [0.15, 0.2) is 5.96 Å². The minimum Gasteiger partial charge on any atom is -0.444 e. The fourth-order valence-electron chi connectivity index (χ4n) is 2.34. The third-order valence-corrected chi connectivity index (χ3v) is 3.50. The number of carbonyl (C=O) groups is 1. The molecule has 1 amide bonds. The average Bonchev–Trinajstić information content (AvgIpc) is 2.57. The van der Waals surface area contributed by atoms with Crippen molar-refractivity contribution in [3.8, 4) is 0 Å². The molecule has 154 valence electrons. The molecule has 27 heavy (non-hydrogen) atoms. The molecule has 0 saturated carbocycles. The van der Waals surface area contributed by atoms with Crippen LogP contribution in [0.15, 0.2) is 29.4 Å². The maximum atomic E-state index is 12.0. The lowest BCUT2D eigenvalue weighted by molar-refractivity contribution is 0.0502. The summed E-state index contributed by atoms with van der Waals surface area (Å²) in [4.78, 5) is 20.5. The Hall–Kier alpha value is -1.58. The molecule has 0 aliphatic carbocycles. The first-order valence-corrected chi connectivity index (χ1v) is 9.18. The summed E-state index contributed by atoms with van der Waals surface area (Å²) in [5, 5.41) is 9.44. The van der Waals surface area contributed by atoms with Crippen LogP contribution >= 0.6 is 24.0 Å². The SMILES string of the molecule is CCCC(CNC(=NC)NCCc1ccccn1)NC(=O)OC(C)(C)C.I. The standard InChI is InChI=1S/C19H33N5O2.HI/c1-6-9-16(24-18(25)26-19(2,3)4)14-23-17(20-5)22-13-11-15-10-7-8-12-21-15;/h7-8,10,12,16H,6,9,11,13-14H2,1-5H3,(H,24,25)(H2,20,22,23);1H. The van der Waals surface area contributed by atoms with E-state index >= 15 is 0 Å². The Morgan fingerprint density at radius 1 is 1.30 bits per heavy atom. The van der Waals surface area contributed by atoms with Crippen molar-refractivity contribution in [1.82, 2.24) is 20.9 Å². The van der Waals surface area contributed by atoms with E-state index in [0.29, 0.717) is 12.5 Å². The molecular weight excluding hydrogens is 457 g/mol. The third kappa shape index (κ3) is 12.4. The van der Waals surface area contributed by atoms with E-state index in [4.69, 9.17) is 4.74 Å². The summed E-state index contributed by atoms with van der Waals surface area (Å²) in [5.41, 5.74) is 0.531. The van der Waals surface area contributed by atoms with Crippen molar-refractivity contribution in [2.24, 2.45) is 4.99 Å². The first kappa shape index (κ1) is 25.4. The summed E-state index contributed by atoms with van der Waals surface area (Å²) < 4.78 is 5.33. The molecule has 0 aliphatic heterocycles. The number of hydrogen-bond acceptors (Lipinski definition) is 4. The molecule has 1 atom stereocenters. The summed E-state index contributed by atoms with van der Waals surface area (Å²) in [5.74, 6) is 0.702. The number of nitrogens with zero attached hydrogens (tertiary/aromatic N) is 2. The second-order valence-electron chi connectivity index (χ2n) is 7.08. The van der Waals surface area contributed by atoms with Crippen LogP contribution in [-0.2, 0) is 11.2 Å². The van der Waals surface area contributed by atoms with Gasteiger partial charge in [0, 0.05) is 44.5 Å². The molecule has 3 N–H and O–H groups in total. The van der Waals surface area contributed by atoms with Gasteiger partial charge in [0.1, 0.15) is 5.60 Å². The van der Waals surface area contributed by atoms with Gasteiger partial charge in [-0.3, -0.25) is 9.98 Å². The van der Waals surface area contributed by atoms with Gasteiger partial charge in [-0.2, -0.15) is 0 Å². The molecule has 0 fully saturated rings. The van der Waals surface area contributed by atoms with Crippen LogP contribution in [0.1, 0.15) is 46.2 Å². The second-order valence-corrected chi connectivity index (χ2v) is 7.08. The summed E-state index contributed by atoms with van der Waals surface area (Å²) in [6.07, 6.45) is 4.04. The number of aromatic nitrogens is 1. The zero-order valence-electron chi connectivity index (χ0n) is 17.0. The Kier molecular flexibility index (Phi) is 12.8. The molecule has 1 heterocycles. The van der Waals surface area contributed by atoms with E-state index < -0.39 is 11.7 Å². The first-order valence-electron chi connectivity index (χ1n) is 9.18. The maximum Gasteiger partial charge on any atom is 0.407 e. The van der Waals surface area contributed by atoms with Gasteiger partial charge in [-0.15, -0.1) is 24.0 Å². The molecule has 1 aromatic rings. The molecule has 0 aromatic carbocycles. The molecule has 0 spiro atoms. The van der Waals surface area contributed by atoms with E-state index in [1.807, 2.05) is 39.0 Å². The smallest absolute Gasteiger partial charge is 0.407 e. The number of guanidine groups is 1. The van der Waals surface area contributed by atoms with Crippen LogP contribution < -0.4 is 16.0 Å². The van der Waals surface area contributed by atoms with Gasteiger partial charge in [-0.1, -0.05) is 19.4 Å². The highest BCUT2D eigenvalue weighted by atomic mass is 127. The number of carbonyl (C=O) groups excluding carboxylic acids is 1. The van der Waals surface area contributed by atoms with E-state index in [0.717, 1.165) is 31.5 Å². The molecular formula is C19H34IN5O2. The number of halogens is 1. The van der Waals surface area contributed by atoms with Gasteiger partial charge in [0.2, 0.25) is 0 Å². The lowest BCUT2D eigenvalue weighted by Gasteiger charge is -2.24. The van der Waals surface area contributed by atoms with E-state index in [1.54, 1.807) is 13.2 Å². The van der Waals surface area contributed by atoms with Gasteiger partial charge < -0.3 is 20.7 Å². The molecule has 1 unspecified atom stereocenters. The van der Waals surface area contributed by atoms with E-state index in [2.05, 4.69) is 32.9 Å². The van der Waals surface area contributed by atoms with E-state index in [-0.39, 0.29) is 30.0 Å². The predicted octanol–water partition coefficient (Wildman–Crippen LogP) is 3.10. The molecule has 7 nitrogen and oxygen atoms in total. The van der Waals surface area contributed by atoms with Crippen LogP contribution in [0.3, 0.4) is 0 Å². The van der Waals surface area contributed by atoms with Crippen LogP contribution in [0.25, 0.3) is 0 Å². The Bertz CT molecular complexity index is 561. The molecule has 0 radical (unpaired) electrons. The first-order chi connectivity index (χ1) is 12.3. The number of rotatable bonds is 8. The molecule has 1 rings (SSSR count). The minimum absolute atomic E-state index is 0. The molecule has 8 heteroatoms. The van der Waals surface area contributed by atoms with Crippen LogP contribution in [0.4, 0.5) is 4.79 Å². The average molecular weight is 491 g/mol. The highest BCUT2D eigenvalue weighted by Gasteiger charge is 2.19. The topological polar surface area (TPSA) is 87.6 Å². The quantitative estimate of drug-likeness (QED) is 0.296.